The first-order valence-electron chi connectivity index (χ1n) is 12.2. The minimum Gasteiger partial charge on any atom is -0.507 e. The van der Waals surface area contributed by atoms with Gasteiger partial charge in [0, 0.05) is 5.41 Å². The third kappa shape index (κ3) is 4.86. The number of carbonyl (C=O) groups excluding carboxylic acids is 1. The highest BCUT2D eigenvalue weighted by Gasteiger charge is 2.46. The van der Waals surface area contributed by atoms with Crippen molar-refractivity contribution in [1.29, 1.82) is 0 Å². The molecular formula is C31H28N4O2. The third-order valence-corrected chi connectivity index (χ3v) is 6.59. The summed E-state index contributed by atoms with van der Waals surface area (Å²) in [5.41, 5.74) is 7.52. The van der Waals surface area contributed by atoms with Crippen molar-refractivity contribution >= 4 is 23.5 Å². The molecule has 1 heterocycles. The van der Waals surface area contributed by atoms with Crippen LogP contribution >= 0.6 is 0 Å². The van der Waals surface area contributed by atoms with Gasteiger partial charge >= 0.3 is 0 Å². The second-order valence-corrected chi connectivity index (χ2v) is 9.50. The number of nitrogens with zero attached hydrogens (tertiary/aromatic N) is 3. The Morgan fingerprint density at radius 2 is 1.51 bits per heavy atom. The summed E-state index contributed by atoms with van der Waals surface area (Å²) >= 11 is 0. The van der Waals surface area contributed by atoms with Gasteiger partial charge in [-0.1, -0.05) is 98.8 Å². The molecule has 184 valence electrons. The molecule has 0 saturated carbocycles. The molecule has 1 atom stereocenters. The van der Waals surface area contributed by atoms with Gasteiger partial charge in [-0.15, -0.1) is 0 Å². The fraction of sp³-hybridized carbons (Fsp3) is 0.129. The first kappa shape index (κ1) is 24.0. The zero-order chi connectivity index (χ0) is 25.8. The lowest BCUT2D eigenvalue weighted by Crippen LogP contribution is -2.32. The van der Waals surface area contributed by atoms with Gasteiger partial charge in [-0.05, 0) is 41.0 Å². The quantitative estimate of drug-likeness (QED) is 0.253. The minimum absolute atomic E-state index is 0.0151. The Bertz CT molecular complexity index is 1450. The van der Waals surface area contributed by atoms with E-state index in [1.807, 2.05) is 48.5 Å². The van der Waals surface area contributed by atoms with E-state index in [0.29, 0.717) is 0 Å². The lowest BCUT2D eigenvalue weighted by atomic mass is 9.75. The number of phenols is 1. The molecule has 6 nitrogen and oxygen atoms in total. The maximum Gasteiger partial charge on any atom is 0.275 e. The van der Waals surface area contributed by atoms with Crippen LogP contribution in [-0.2, 0) is 0 Å². The second kappa shape index (κ2) is 10.1. The lowest BCUT2D eigenvalue weighted by Gasteiger charge is -2.33. The average Bonchev–Trinajstić information content (AvgIpc) is 3.21. The number of carbonyl (C=O) groups is 1. The van der Waals surface area contributed by atoms with Crippen LogP contribution in [0.4, 0.5) is 5.69 Å². The van der Waals surface area contributed by atoms with Gasteiger partial charge < -0.3 is 5.11 Å². The Kier molecular flexibility index (Phi) is 6.56. The van der Waals surface area contributed by atoms with E-state index in [4.69, 9.17) is 5.10 Å². The molecule has 0 spiro atoms. The number of hydrogen-bond acceptors (Lipinski definition) is 5. The molecule has 4 aromatic rings. The van der Waals surface area contributed by atoms with Crippen molar-refractivity contribution in [2.45, 2.75) is 19.9 Å². The van der Waals surface area contributed by atoms with E-state index in [0.717, 1.165) is 22.5 Å². The van der Waals surface area contributed by atoms with Crippen LogP contribution in [0.3, 0.4) is 0 Å². The van der Waals surface area contributed by atoms with E-state index in [2.05, 4.69) is 65.8 Å². The Hall–Kier alpha value is -4.71. The maximum atomic E-state index is 12.3. The Morgan fingerprint density at radius 3 is 2.19 bits per heavy atom. The molecule has 1 aliphatic heterocycles. The van der Waals surface area contributed by atoms with Gasteiger partial charge in [0.25, 0.3) is 5.91 Å². The van der Waals surface area contributed by atoms with Crippen LogP contribution in [0.2, 0.25) is 0 Å². The van der Waals surface area contributed by atoms with Crippen molar-refractivity contribution < 1.29 is 9.90 Å². The second-order valence-electron chi connectivity index (χ2n) is 9.50. The molecule has 4 aromatic carbocycles. The van der Waals surface area contributed by atoms with Crippen LogP contribution in [0.25, 0.3) is 0 Å². The number of para-hydroxylation sites is 1. The number of amides is 1. The molecule has 1 unspecified atom stereocenters. The maximum absolute atomic E-state index is 12.3. The first-order valence-corrected chi connectivity index (χ1v) is 12.2. The van der Waals surface area contributed by atoms with Crippen LogP contribution in [0.1, 0.15) is 46.9 Å². The molecule has 1 amide bonds. The predicted octanol–water partition coefficient (Wildman–Crippen LogP) is 6.15. The van der Waals surface area contributed by atoms with Crippen molar-refractivity contribution in [3.8, 4) is 5.75 Å². The number of phenolic OH excluding ortho intramolecular Hbond substituents is 1. The van der Waals surface area contributed by atoms with Crippen molar-refractivity contribution in [2.24, 2.45) is 15.6 Å². The van der Waals surface area contributed by atoms with Gasteiger partial charge in [0.15, 0.2) is 0 Å². The van der Waals surface area contributed by atoms with E-state index >= 15 is 0 Å². The number of nitrogens with one attached hydrogen (secondary N) is 1. The number of hydrazone groups is 2. The summed E-state index contributed by atoms with van der Waals surface area (Å²) in [5.74, 6) is -0.560. The van der Waals surface area contributed by atoms with Crippen molar-refractivity contribution in [1.82, 2.24) is 5.43 Å². The topological polar surface area (TPSA) is 77.3 Å². The standard InChI is InChI=1S/C31H28N4O2/c1-31(2)28(23-11-5-3-6-12-23)34-35(29(31)24-13-7-4-8-14-24)25-19-17-22(18-20-25)21-32-33-30(37)26-15-9-10-16-27(26)36/h3-21,29,36H,1-2H3,(H,33,37). The Morgan fingerprint density at radius 1 is 0.892 bits per heavy atom. The fourth-order valence-electron chi connectivity index (χ4n) is 4.76. The van der Waals surface area contributed by atoms with Gasteiger partial charge in [-0.2, -0.15) is 10.2 Å². The third-order valence-electron chi connectivity index (χ3n) is 6.59. The molecule has 0 aromatic heterocycles. The summed E-state index contributed by atoms with van der Waals surface area (Å²) in [6.45, 7) is 4.48. The van der Waals surface area contributed by atoms with Gasteiger partial charge in [0.2, 0.25) is 0 Å². The normalized spacial score (nSPS) is 16.5. The van der Waals surface area contributed by atoms with E-state index < -0.39 is 5.91 Å². The first-order chi connectivity index (χ1) is 17.9. The molecule has 37 heavy (non-hydrogen) atoms. The molecule has 1 aliphatic rings. The molecule has 2 N–H and O–H groups in total. The summed E-state index contributed by atoms with van der Waals surface area (Å²) < 4.78 is 0. The summed E-state index contributed by atoms with van der Waals surface area (Å²) in [4.78, 5) is 12.3. The van der Waals surface area contributed by atoms with E-state index in [1.165, 1.54) is 11.6 Å². The predicted molar refractivity (Wildman–Crippen MR) is 148 cm³/mol. The van der Waals surface area contributed by atoms with Crippen LogP contribution < -0.4 is 10.4 Å². The molecule has 0 fully saturated rings. The molecule has 0 saturated heterocycles. The summed E-state index contributed by atoms with van der Waals surface area (Å²) in [5, 5.41) is 21.1. The van der Waals surface area contributed by atoms with E-state index in [1.54, 1.807) is 24.4 Å². The SMILES string of the molecule is CC1(C)C(c2ccccc2)=NN(c2ccc(C=NNC(=O)c3ccccc3O)cc2)C1c1ccccc1. The van der Waals surface area contributed by atoms with Crippen LogP contribution in [0, 0.1) is 5.41 Å². The van der Waals surface area contributed by atoms with Gasteiger partial charge in [0.1, 0.15) is 5.75 Å². The van der Waals surface area contributed by atoms with Gasteiger partial charge in [-0.25, -0.2) is 5.43 Å². The molecule has 0 aliphatic carbocycles. The molecule has 6 heteroatoms. The highest BCUT2D eigenvalue weighted by Crippen LogP contribution is 2.48. The van der Waals surface area contributed by atoms with Crippen LogP contribution in [0.5, 0.6) is 5.75 Å². The van der Waals surface area contributed by atoms with Crippen LogP contribution in [0.15, 0.2) is 119 Å². The smallest absolute Gasteiger partial charge is 0.275 e. The highest BCUT2D eigenvalue weighted by molar-refractivity contribution is 6.07. The van der Waals surface area contributed by atoms with E-state index in [-0.39, 0.29) is 22.8 Å². The summed E-state index contributed by atoms with van der Waals surface area (Å²) in [6, 6.07) is 35.0. The molecule has 0 radical (unpaired) electrons. The molecule has 0 bridgehead atoms. The Balaban J connectivity index is 1.40. The number of benzene rings is 4. The van der Waals surface area contributed by atoms with Crippen LogP contribution in [-0.4, -0.2) is 22.9 Å². The number of aromatic hydroxyl groups is 1. The molecule has 5 rings (SSSR count). The van der Waals surface area contributed by atoms with E-state index in [9.17, 15) is 9.90 Å². The lowest BCUT2D eigenvalue weighted by molar-refractivity contribution is 0.0952. The summed E-state index contributed by atoms with van der Waals surface area (Å²) in [6.07, 6.45) is 1.57. The van der Waals surface area contributed by atoms with Crippen molar-refractivity contribution in [3.05, 3.63) is 131 Å². The van der Waals surface area contributed by atoms with Gasteiger partial charge in [0.05, 0.1) is 29.2 Å². The zero-order valence-electron chi connectivity index (χ0n) is 20.7. The van der Waals surface area contributed by atoms with Crippen molar-refractivity contribution in [3.63, 3.8) is 0 Å². The highest BCUT2D eigenvalue weighted by atomic mass is 16.3. The largest absolute Gasteiger partial charge is 0.507 e. The number of anilines is 1. The van der Waals surface area contributed by atoms with Crippen molar-refractivity contribution in [2.75, 3.05) is 5.01 Å². The number of rotatable bonds is 6. The minimum atomic E-state index is -0.473. The Labute approximate surface area is 216 Å². The zero-order valence-corrected chi connectivity index (χ0v) is 20.7. The molecular weight excluding hydrogens is 460 g/mol. The number of hydrogen-bond donors (Lipinski definition) is 2. The van der Waals surface area contributed by atoms with Gasteiger partial charge in [-0.3, -0.25) is 9.80 Å². The monoisotopic (exact) mass is 488 g/mol. The average molecular weight is 489 g/mol. The fourth-order valence-corrected chi connectivity index (χ4v) is 4.76. The summed E-state index contributed by atoms with van der Waals surface area (Å²) in [7, 11) is 0.